The topological polar surface area (TPSA) is 67.1 Å². The second-order valence-electron chi connectivity index (χ2n) is 6.91. The van der Waals surface area contributed by atoms with E-state index in [9.17, 15) is 0 Å². The van der Waals surface area contributed by atoms with Crippen LogP contribution in [0.1, 0.15) is 77.1 Å². The Morgan fingerprint density at radius 3 is 2.65 bits per heavy atom. The third kappa shape index (κ3) is 6.49. The largest absolute Gasteiger partial charge is 0.357 e. The number of thioether (sulfide) groups is 1. The van der Waals surface area contributed by atoms with E-state index in [-0.39, 0.29) is 0 Å². The molecule has 148 valence electrons. The number of unbranched alkanes of at least 4 members (excludes halogenated alkanes) is 2. The van der Waals surface area contributed by atoms with E-state index in [0.29, 0.717) is 6.04 Å². The van der Waals surface area contributed by atoms with Crippen molar-refractivity contribution in [1.82, 2.24) is 25.4 Å². The average Bonchev–Trinajstić information content (AvgIpc) is 3.31. The molecular formula is C19H36N6S. The van der Waals surface area contributed by atoms with Gasteiger partial charge in [-0.1, -0.05) is 44.4 Å². The Morgan fingerprint density at radius 2 is 1.96 bits per heavy atom. The van der Waals surface area contributed by atoms with Crippen LogP contribution in [-0.4, -0.2) is 46.6 Å². The highest BCUT2D eigenvalue weighted by molar-refractivity contribution is 7.98. The molecule has 1 aliphatic rings. The normalized spacial score (nSPS) is 15.6. The van der Waals surface area contributed by atoms with Crippen LogP contribution in [0.15, 0.2) is 10.1 Å². The maximum atomic E-state index is 4.71. The highest BCUT2D eigenvalue weighted by atomic mass is 32.2. The number of aryl methyl sites for hydroxylation is 1. The molecule has 1 saturated carbocycles. The quantitative estimate of drug-likeness (QED) is 0.265. The van der Waals surface area contributed by atoms with Gasteiger partial charge < -0.3 is 15.2 Å². The molecule has 0 radical (unpaired) electrons. The van der Waals surface area contributed by atoms with Crippen molar-refractivity contribution in [2.45, 2.75) is 82.8 Å². The molecule has 0 aliphatic heterocycles. The van der Waals surface area contributed by atoms with Gasteiger partial charge in [0.15, 0.2) is 11.1 Å². The molecule has 7 heteroatoms. The summed E-state index contributed by atoms with van der Waals surface area (Å²) in [6.45, 7) is 7.04. The van der Waals surface area contributed by atoms with E-state index in [2.05, 4.69) is 45.5 Å². The molecule has 1 aliphatic carbocycles. The van der Waals surface area contributed by atoms with Crippen LogP contribution >= 0.6 is 11.8 Å². The maximum Gasteiger partial charge on any atom is 0.191 e. The van der Waals surface area contributed by atoms with Crippen LogP contribution in [0.5, 0.6) is 0 Å². The molecule has 1 aromatic heterocycles. The number of aromatic nitrogens is 3. The van der Waals surface area contributed by atoms with Gasteiger partial charge in [-0.15, -0.1) is 10.2 Å². The molecule has 0 aromatic carbocycles. The lowest BCUT2D eigenvalue weighted by molar-refractivity contribution is 0.461. The van der Waals surface area contributed by atoms with Crippen LogP contribution < -0.4 is 10.6 Å². The molecule has 0 spiro atoms. The monoisotopic (exact) mass is 380 g/mol. The number of hydrogen-bond donors (Lipinski definition) is 2. The van der Waals surface area contributed by atoms with Crippen LogP contribution in [-0.2, 0) is 6.42 Å². The first-order chi connectivity index (χ1) is 12.8. The summed E-state index contributed by atoms with van der Waals surface area (Å²) in [6, 6.07) is 0.600. The SMILES string of the molecule is CCCCCNC(=NCCCc1nnc(SC)n1C1CCCC1)NCC. The van der Waals surface area contributed by atoms with Gasteiger partial charge in [-0.05, 0) is 38.9 Å². The molecule has 0 amide bonds. The van der Waals surface area contributed by atoms with Crippen molar-refractivity contribution < 1.29 is 0 Å². The summed E-state index contributed by atoms with van der Waals surface area (Å²) in [5.41, 5.74) is 0. The molecule has 0 unspecified atom stereocenters. The van der Waals surface area contributed by atoms with Gasteiger partial charge in [0.05, 0.1) is 0 Å². The summed E-state index contributed by atoms with van der Waals surface area (Å²) in [5, 5.41) is 16.7. The van der Waals surface area contributed by atoms with Gasteiger partial charge in [-0.25, -0.2) is 0 Å². The third-order valence-corrected chi connectivity index (χ3v) is 5.50. The zero-order valence-electron chi connectivity index (χ0n) is 16.8. The lowest BCUT2D eigenvalue weighted by Gasteiger charge is -2.16. The first-order valence-corrected chi connectivity index (χ1v) is 11.5. The van der Waals surface area contributed by atoms with Crippen LogP contribution in [0.25, 0.3) is 0 Å². The summed E-state index contributed by atoms with van der Waals surface area (Å²) in [7, 11) is 0. The predicted octanol–water partition coefficient (Wildman–Crippen LogP) is 3.79. The summed E-state index contributed by atoms with van der Waals surface area (Å²) >= 11 is 1.71. The number of nitrogens with zero attached hydrogens (tertiary/aromatic N) is 4. The molecule has 0 bridgehead atoms. The van der Waals surface area contributed by atoms with E-state index in [1.807, 2.05) is 0 Å². The van der Waals surface area contributed by atoms with Crippen molar-refractivity contribution in [2.75, 3.05) is 25.9 Å². The molecule has 1 aromatic rings. The number of hydrogen-bond acceptors (Lipinski definition) is 4. The first kappa shape index (κ1) is 21.1. The molecular weight excluding hydrogens is 344 g/mol. The Morgan fingerprint density at radius 1 is 1.15 bits per heavy atom. The van der Waals surface area contributed by atoms with Gasteiger partial charge in [0.2, 0.25) is 0 Å². The van der Waals surface area contributed by atoms with E-state index in [1.165, 1.54) is 44.9 Å². The number of aliphatic imine (C=N–C) groups is 1. The highest BCUT2D eigenvalue weighted by Gasteiger charge is 2.23. The van der Waals surface area contributed by atoms with E-state index in [4.69, 9.17) is 4.99 Å². The predicted molar refractivity (Wildman–Crippen MR) is 111 cm³/mol. The van der Waals surface area contributed by atoms with Gasteiger partial charge in [0.1, 0.15) is 5.82 Å². The van der Waals surface area contributed by atoms with Gasteiger partial charge in [-0.2, -0.15) is 0 Å². The number of nitrogens with one attached hydrogen (secondary N) is 2. The summed E-state index contributed by atoms with van der Waals surface area (Å²) < 4.78 is 2.40. The van der Waals surface area contributed by atoms with Crippen molar-refractivity contribution in [2.24, 2.45) is 4.99 Å². The van der Waals surface area contributed by atoms with Crippen molar-refractivity contribution >= 4 is 17.7 Å². The lowest BCUT2D eigenvalue weighted by Crippen LogP contribution is -2.37. The van der Waals surface area contributed by atoms with Crippen LogP contribution in [0.4, 0.5) is 0 Å². The van der Waals surface area contributed by atoms with E-state index < -0.39 is 0 Å². The highest BCUT2D eigenvalue weighted by Crippen LogP contribution is 2.33. The Bertz CT molecular complexity index is 536. The lowest BCUT2D eigenvalue weighted by atomic mass is 10.2. The van der Waals surface area contributed by atoms with Gasteiger partial charge in [0.25, 0.3) is 0 Å². The Labute approximate surface area is 163 Å². The number of guanidine groups is 1. The molecule has 26 heavy (non-hydrogen) atoms. The molecule has 0 saturated heterocycles. The molecule has 1 heterocycles. The summed E-state index contributed by atoms with van der Waals surface area (Å²) in [6.07, 6.45) is 12.9. The van der Waals surface area contributed by atoms with Crippen molar-refractivity contribution in [3.05, 3.63) is 5.82 Å². The van der Waals surface area contributed by atoms with E-state index in [1.54, 1.807) is 11.8 Å². The first-order valence-electron chi connectivity index (χ1n) is 10.3. The zero-order chi connectivity index (χ0) is 18.6. The fourth-order valence-corrected chi connectivity index (χ4v) is 4.07. The fourth-order valence-electron chi connectivity index (χ4n) is 3.50. The van der Waals surface area contributed by atoms with Crippen LogP contribution in [0, 0.1) is 0 Å². The standard InChI is InChI=1S/C19H36N6S/c1-4-6-9-14-21-18(20-5-2)22-15-10-13-17-23-24-19(26-3)25(17)16-11-7-8-12-16/h16H,4-15H2,1-3H3,(H2,20,21,22). The Kier molecular flexibility index (Phi) is 9.89. The second-order valence-corrected chi connectivity index (χ2v) is 7.68. The van der Waals surface area contributed by atoms with Crippen molar-refractivity contribution in [3.63, 3.8) is 0 Å². The number of rotatable bonds is 11. The Hall–Kier alpha value is -1.24. The molecule has 6 nitrogen and oxygen atoms in total. The maximum absolute atomic E-state index is 4.71. The van der Waals surface area contributed by atoms with Crippen molar-refractivity contribution in [3.8, 4) is 0 Å². The molecule has 2 rings (SSSR count). The van der Waals surface area contributed by atoms with Gasteiger partial charge >= 0.3 is 0 Å². The second kappa shape index (κ2) is 12.2. The van der Waals surface area contributed by atoms with Gasteiger partial charge in [0, 0.05) is 32.1 Å². The molecule has 2 N–H and O–H groups in total. The molecule has 0 atom stereocenters. The summed E-state index contributed by atoms with van der Waals surface area (Å²) in [5.74, 6) is 2.07. The summed E-state index contributed by atoms with van der Waals surface area (Å²) in [4.78, 5) is 4.71. The van der Waals surface area contributed by atoms with Crippen molar-refractivity contribution in [1.29, 1.82) is 0 Å². The molecule has 1 fully saturated rings. The smallest absolute Gasteiger partial charge is 0.191 e. The van der Waals surface area contributed by atoms with Crippen LogP contribution in [0.2, 0.25) is 0 Å². The minimum atomic E-state index is 0.600. The minimum absolute atomic E-state index is 0.600. The fraction of sp³-hybridized carbons (Fsp3) is 0.842. The van der Waals surface area contributed by atoms with E-state index in [0.717, 1.165) is 49.4 Å². The third-order valence-electron chi connectivity index (χ3n) is 4.85. The van der Waals surface area contributed by atoms with E-state index >= 15 is 0 Å². The van der Waals surface area contributed by atoms with Gasteiger partial charge in [-0.3, -0.25) is 4.99 Å². The van der Waals surface area contributed by atoms with Crippen LogP contribution in [0.3, 0.4) is 0 Å². The average molecular weight is 381 g/mol. The zero-order valence-corrected chi connectivity index (χ0v) is 17.6. The Balaban J connectivity index is 1.84. The minimum Gasteiger partial charge on any atom is -0.357 e.